The van der Waals surface area contributed by atoms with E-state index in [1.54, 1.807) is 31.4 Å². The average Bonchev–Trinajstić information content (AvgIpc) is 2.83. The zero-order chi connectivity index (χ0) is 16.5. The Morgan fingerprint density at radius 1 is 1.41 bits per heavy atom. The molecule has 0 bridgehead atoms. The third-order valence-electron chi connectivity index (χ3n) is 3.36. The summed E-state index contributed by atoms with van der Waals surface area (Å²) in [5.74, 6) is 0.176. The van der Waals surface area contributed by atoms with Crippen molar-refractivity contribution in [1.29, 1.82) is 0 Å². The number of hydrogen-bond acceptors (Lipinski definition) is 4. The van der Waals surface area contributed by atoms with Crippen molar-refractivity contribution in [3.8, 4) is 0 Å². The van der Waals surface area contributed by atoms with Gasteiger partial charge in [-0.1, -0.05) is 19.9 Å². The molecule has 0 aliphatic rings. The number of imidazole rings is 1. The first kappa shape index (κ1) is 16.4. The monoisotopic (exact) mass is 324 g/mol. The van der Waals surface area contributed by atoms with Gasteiger partial charge in [0.2, 0.25) is 5.82 Å². The Morgan fingerprint density at radius 2 is 2.09 bits per heavy atom. The molecule has 0 aromatic carbocycles. The number of hydrogen-bond donors (Lipinski definition) is 1. The van der Waals surface area contributed by atoms with Crippen molar-refractivity contribution >= 4 is 21.4 Å². The highest BCUT2D eigenvalue weighted by Gasteiger charge is 2.24. The molecule has 120 valence electrons. The lowest BCUT2D eigenvalue weighted by atomic mass is 10.1. The van der Waals surface area contributed by atoms with Crippen molar-refractivity contribution in [2.45, 2.75) is 25.3 Å². The van der Waals surface area contributed by atoms with Crippen LogP contribution in [0.3, 0.4) is 0 Å². The fraction of sp³-hybridized carbons (Fsp3) is 0.429. The molecule has 1 amide bonds. The molecule has 2 heterocycles. The van der Waals surface area contributed by atoms with Crippen LogP contribution in [-0.4, -0.2) is 42.2 Å². The standard InChI is InChI=1S/C14H20N4O3S/c1-10(2)7-9-17(3)14(19)12-16-13(22(15,20)21)11-6-4-5-8-18(11)12/h4-6,8,10H,7,9H2,1-3H3,(H2,15,20,21). The van der Waals surface area contributed by atoms with Crippen LogP contribution in [0.1, 0.15) is 30.9 Å². The smallest absolute Gasteiger partial charge is 0.290 e. The number of carbonyl (C=O) groups is 1. The van der Waals surface area contributed by atoms with E-state index >= 15 is 0 Å². The van der Waals surface area contributed by atoms with E-state index in [9.17, 15) is 13.2 Å². The van der Waals surface area contributed by atoms with Crippen LogP contribution in [0.4, 0.5) is 0 Å². The van der Waals surface area contributed by atoms with Gasteiger partial charge in [0.15, 0.2) is 5.03 Å². The van der Waals surface area contributed by atoms with Gasteiger partial charge in [0.25, 0.3) is 15.9 Å². The molecule has 0 aliphatic heterocycles. The van der Waals surface area contributed by atoms with Crippen LogP contribution in [-0.2, 0) is 10.0 Å². The van der Waals surface area contributed by atoms with Crippen LogP contribution in [0.5, 0.6) is 0 Å². The third-order valence-corrected chi connectivity index (χ3v) is 4.20. The van der Waals surface area contributed by atoms with Gasteiger partial charge >= 0.3 is 0 Å². The van der Waals surface area contributed by atoms with Crippen LogP contribution in [0.15, 0.2) is 29.4 Å². The van der Waals surface area contributed by atoms with Crippen LogP contribution in [0.25, 0.3) is 5.52 Å². The van der Waals surface area contributed by atoms with E-state index in [1.807, 2.05) is 0 Å². The number of primary sulfonamides is 1. The van der Waals surface area contributed by atoms with Crippen molar-refractivity contribution in [2.75, 3.05) is 13.6 Å². The van der Waals surface area contributed by atoms with Crippen LogP contribution >= 0.6 is 0 Å². The Balaban J connectivity index is 2.46. The number of fused-ring (bicyclic) bond motifs is 1. The first-order chi connectivity index (χ1) is 10.2. The van der Waals surface area contributed by atoms with Crippen molar-refractivity contribution < 1.29 is 13.2 Å². The minimum atomic E-state index is -4.00. The summed E-state index contributed by atoms with van der Waals surface area (Å²) < 4.78 is 24.7. The van der Waals surface area contributed by atoms with E-state index in [-0.39, 0.29) is 16.8 Å². The Morgan fingerprint density at radius 3 is 2.68 bits per heavy atom. The minimum Gasteiger partial charge on any atom is -0.339 e. The zero-order valence-corrected chi connectivity index (χ0v) is 13.7. The molecule has 0 radical (unpaired) electrons. The van der Waals surface area contributed by atoms with E-state index < -0.39 is 10.0 Å². The molecule has 2 aromatic heterocycles. The zero-order valence-electron chi connectivity index (χ0n) is 12.9. The van der Waals surface area contributed by atoms with Gasteiger partial charge in [-0.15, -0.1) is 0 Å². The average molecular weight is 324 g/mol. The van der Waals surface area contributed by atoms with E-state index in [2.05, 4.69) is 18.8 Å². The number of sulfonamides is 1. The molecule has 0 aliphatic carbocycles. The quantitative estimate of drug-likeness (QED) is 0.890. The van der Waals surface area contributed by atoms with Gasteiger partial charge in [0.1, 0.15) is 0 Å². The normalized spacial score (nSPS) is 12.0. The highest BCUT2D eigenvalue weighted by atomic mass is 32.2. The van der Waals surface area contributed by atoms with Crippen molar-refractivity contribution in [3.05, 3.63) is 30.2 Å². The van der Waals surface area contributed by atoms with E-state index in [1.165, 1.54) is 9.30 Å². The van der Waals surface area contributed by atoms with Crippen molar-refractivity contribution in [1.82, 2.24) is 14.3 Å². The first-order valence-electron chi connectivity index (χ1n) is 6.97. The second-order valence-electron chi connectivity index (χ2n) is 5.65. The molecule has 2 N–H and O–H groups in total. The third kappa shape index (κ3) is 3.28. The van der Waals surface area contributed by atoms with Crippen LogP contribution < -0.4 is 5.14 Å². The van der Waals surface area contributed by atoms with Crippen LogP contribution in [0.2, 0.25) is 0 Å². The number of carbonyl (C=O) groups excluding carboxylic acids is 1. The number of aromatic nitrogens is 2. The second-order valence-corrected chi connectivity index (χ2v) is 7.13. The fourth-order valence-electron chi connectivity index (χ4n) is 2.09. The number of nitrogens with two attached hydrogens (primary N) is 1. The Hall–Kier alpha value is -1.93. The maximum Gasteiger partial charge on any atom is 0.290 e. The predicted octanol–water partition coefficient (Wildman–Crippen LogP) is 1.10. The van der Waals surface area contributed by atoms with E-state index in [0.29, 0.717) is 18.0 Å². The number of rotatable bonds is 5. The topological polar surface area (TPSA) is 97.8 Å². The number of pyridine rings is 1. The first-order valence-corrected chi connectivity index (χ1v) is 8.51. The summed E-state index contributed by atoms with van der Waals surface area (Å²) in [4.78, 5) is 18.0. The molecular formula is C14H20N4O3S. The number of amides is 1. The van der Waals surface area contributed by atoms with Gasteiger partial charge in [0.05, 0.1) is 5.52 Å². The lowest BCUT2D eigenvalue weighted by Crippen LogP contribution is -2.30. The minimum absolute atomic E-state index is 0.0471. The van der Waals surface area contributed by atoms with Gasteiger partial charge in [-0.25, -0.2) is 18.5 Å². The molecule has 0 saturated carbocycles. The van der Waals surface area contributed by atoms with Crippen molar-refractivity contribution in [2.24, 2.45) is 11.1 Å². The molecule has 0 unspecified atom stereocenters. The molecule has 0 fully saturated rings. The molecular weight excluding hydrogens is 304 g/mol. The summed E-state index contributed by atoms with van der Waals surface area (Å²) in [7, 11) is -2.32. The van der Waals surface area contributed by atoms with E-state index in [4.69, 9.17) is 5.14 Å². The highest BCUT2D eigenvalue weighted by molar-refractivity contribution is 7.89. The second kappa shape index (κ2) is 6.05. The highest BCUT2D eigenvalue weighted by Crippen LogP contribution is 2.18. The summed E-state index contributed by atoms with van der Waals surface area (Å²) >= 11 is 0. The van der Waals surface area contributed by atoms with Gasteiger partial charge in [-0.05, 0) is 24.5 Å². The maximum atomic E-state index is 12.5. The molecule has 0 spiro atoms. The Bertz CT molecular complexity index is 796. The SMILES string of the molecule is CC(C)CCN(C)C(=O)c1nc(S(N)(=O)=O)c2ccccn12. The lowest BCUT2D eigenvalue weighted by Gasteiger charge is -2.17. The summed E-state index contributed by atoms with van der Waals surface area (Å²) in [5, 5.41) is 4.90. The van der Waals surface area contributed by atoms with Gasteiger partial charge in [0, 0.05) is 19.8 Å². The summed E-state index contributed by atoms with van der Waals surface area (Å²) in [6.45, 7) is 4.72. The summed E-state index contributed by atoms with van der Waals surface area (Å²) in [6.07, 6.45) is 2.45. The Labute approximate surface area is 129 Å². The molecule has 0 saturated heterocycles. The lowest BCUT2D eigenvalue weighted by molar-refractivity contribution is 0.0776. The fourth-order valence-corrected chi connectivity index (χ4v) is 2.77. The maximum absolute atomic E-state index is 12.5. The predicted molar refractivity (Wildman–Crippen MR) is 83.0 cm³/mol. The van der Waals surface area contributed by atoms with Gasteiger partial charge in [-0.3, -0.25) is 9.20 Å². The molecule has 2 rings (SSSR count). The van der Waals surface area contributed by atoms with Crippen molar-refractivity contribution in [3.63, 3.8) is 0 Å². The summed E-state index contributed by atoms with van der Waals surface area (Å²) in [6, 6.07) is 4.94. The molecule has 0 atom stereocenters. The van der Waals surface area contributed by atoms with Crippen LogP contribution in [0, 0.1) is 5.92 Å². The van der Waals surface area contributed by atoms with E-state index in [0.717, 1.165) is 6.42 Å². The molecule has 2 aromatic rings. The number of nitrogens with zero attached hydrogens (tertiary/aromatic N) is 3. The Kier molecular flexibility index (Phi) is 4.52. The van der Waals surface area contributed by atoms with Gasteiger partial charge in [-0.2, -0.15) is 0 Å². The summed E-state index contributed by atoms with van der Waals surface area (Å²) in [5.41, 5.74) is 0.297. The largest absolute Gasteiger partial charge is 0.339 e. The molecule has 8 heteroatoms. The molecule has 7 nitrogen and oxygen atoms in total. The molecule has 22 heavy (non-hydrogen) atoms. The van der Waals surface area contributed by atoms with Gasteiger partial charge < -0.3 is 4.90 Å².